The van der Waals surface area contributed by atoms with Crippen molar-refractivity contribution in [2.24, 2.45) is 44.6 Å². The van der Waals surface area contributed by atoms with E-state index in [9.17, 15) is 104 Å². The number of anilines is 3. The minimum absolute atomic E-state index is 0. The fourth-order valence-electron chi connectivity index (χ4n) is 12.6. The number of fused-ring (bicyclic) bond motifs is 6. The molecule has 0 spiro atoms. The maximum absolute atomic E-state index is 13.7. The zero-order valence-corrected chi connectivity index (χ0v) is 61.9. The Morgan fingerprint density at radius 3 is 1.17 bits per heavy atom. The average Bonchev–Trinajstić information content (AvgIpc) is 1.62. The Labute approximate surface area is 622 Å². The van der Waals surface area contributed by atoms with E-state index < -0.39 is 188 Å². The van der Waals surface area contributed by atoms with Crippen LogP contribution in [0.15, 0.2) is 69.7 Å². The molecule has 12 rings (SSSR count). The zero-order chi connectivity index (χ0) is 79.5. The number of aliphatic hydroxyl groups excluding tert-OH is 2. The molecule has 596 valence electrons. The molecule has 9 heterocycles. The topological polar surface area (TPSA) is 430 Å². The van der Waals surface area contributed by atoms with Gasteiger partial charge >= 0.3 is 6.09 Å². The lowest BCUT2D eigenvalue weighted by molar-refractivity contribution is -0.638. The monoisotopic (exact) mass is 1630 g/mol. The van der Waals surface area contributed by atoms with E-state index >= 15 is 0 Å². The average molecular weight is 1630 g/mol. The van der Waals surface area contributed by atoms with Crippen LogP contribution in [0.5, 0.6) is 17.2 Å². The number of hydrogen-bond donors (Lipinski definition) is 11. The minimum atomic E-state index is -4.33. The number of nitrogens with two attached hydrogens (primary N) is 2. The summed E-state index contributed by atoms with van der Waals surface area (Å²) in [7, 11) is -8.33. The maximum atomic E-state index is 13.7. The van der Waals surface area contributed by atoms with Crippen LogP contribution in [0.4, 0.5) is 61.4 Å². The lowest BCUT2D eigenvalue weighted by atomic mass is 10.1. The molecule has 6 aliphatic rings. The highest BCUT2D eigenvalue weighted by Crippen LogP contribution is 2.39. The van der Waals surface area contributed by atoms with Gasteiger partial charge in [0.25, 0.3) is 17.7 Å². The molecule has 10 atom stereocenters. The van der Waals surface area contributed by atoms with Crippen LogP contribution in [0, 0.1) is 70.1 Å². The second-order valence-electron chi connectivity index (χ2n) is 27.2. The number of benzene rings is 3. The number of hydrogen-bond acceptors (Lipinski definition) is 19. The van der Waals surface area contributed by atoms with Gasteiger partial charge in [0.1, 0.15) is 32.4 Å². The Balaban J connectivity index is 0.000000191. The van der Waals surface area contributed by atoms with E-state index in [4.69, 9.17) is 24.7 Å². The highest BCUT2D eigenvalue weighted by atomic mass is 35.5. The molecule has 6 aliphatic heterocycles. The van der Waals surface area contributed by atoms with Gasteiger partial charge in [0.05, 0.1) is 57.1 Å². The number of quaternary nitrogens is 1. The molecule has 0 radical (unpaired) electrons. The van der Waals surface area contributed by atoms with Crippen molar-refractivity contribution in [1.82, 2.24) is 43.0 Å². The molecule has 6 amide bonds. The Bertz CT molecular complexity index is 4880. The third-order valence-corrected chi connectivity index (χ3v) is 22.4. The van der Waals surface area contributed by atoms with Crippen LogP contribution in [-0.2, 0) is 65.5 Å². The first-order chi connectivity index (χ1) is 50.3. The first-order valence-electron chi connectivity index (χ1n) is 32.8. The van der Waals surface area contributed by atoms with Crippen LogP contribution < -0.4 is 73.1 Å². The second-order valence-corrected chi connectivity index (χ2v) is 32.3. The fraction of sp³-hybridized carbons (Fsp3) is 0.438. The third-order valence-electron chi connectivity index (χ3n) is 18.0. The highest BCUT2D eigenvalue weighted by molar-refractivity contribution is 7.90. The van der Waals surface area contributed by atoms with Crippen LogP contribution in [0.25, 0.3) is 0 Å². The summed E-state index contributed by atoms with van der Waals surface area (Å²) in [5.41, 5.74) is 3.04. The van der Waals surface area contributed by atoms with Gasteiger partial charge in [-0.2, -0.15) is 0 Å². The van der Waals surface area contributed by atoms with Gasteiger partial charge in [0, 0.05) is 143 Å². The third kappa shape index (κ3) is 18.1. The van der Waals surface area contributed by atoms with Crippen molar-refractivity contribution in [3.63, 3.8) is 0 Å². The molecule has 3 aromatic carbocycles. The predicted octanol–water partition coefficient (Wildman–Crippen LogP) is -1.70. The number of carbonyl (C=O) groups is 6. The SMILES string of the molecule is C[C@@H](O)[C@H](N)C(=O)N1CC2COc3c(cn(C)c3C(=O)Nc3cc(F)c(F)c(F)c3)S(=O)(=O)NC2C1.C[C@@H](O)[C@H](NC(=O)OC(C)(C)C)C(=O)N1CC2COc3c(cn(C)c3C(=O)Nc3cc(F)c(F)c(F)c3)S(=O)(=O)NC2C1.Cn1cc2c(c1C(=O)Nc1cc(F)c(F)c(F)c1)OCC1C[NH2+]CC1NS2(=O)=O.[Cl-]. The first kappa shape index (κ1) is 83.8. The molecule has 32 nitrogen and oxygen atoms in total. The Morgan fingerprint density at radius 2 is 0.844 bits per heavy atom. The minimum Gasteiger partial charge on any atom is -1.00 e. The summed E-state index contributed by atoms with van der Waals surface area (Å²) < 4.78 is 233. The van der Waals surface area contributed by atoms with Gasteiger partial charge in [-0.05, 0) is 34.6 Å². The predicted molar refractivity (Wildman–Crippen MR) is 358 cm³/mol. The number of likely N-dealkylation sites (tertiary alicyclic amines) is 2. The molecule has 109 heavy (non-hydrogen) atoms. The van der Waals surface area contributed by atoms with Crippen LogP contribution in [0.1, 0.15) is 66.1 Å². The fourth-order valence-corrected chi connectivity index (χ4v) is 17.1. The lowest BCUT2D eigenvalue weighted by Gasteiger charge is -2.27. The van der Waals surface area contributed by atoms with Crippen molar-refractivity contribution >= 4 is 82.8 Å². The molecule has 0 aliphatic carbocycles. The second kappa shape index (κ2) is 32.4. The van der Waals surface area contributed by atoms with E-state index in [1.54, 1.807) is 20.8 Å². The summed E-state index contributed by atoms with van der Waals surface area (Å²) in [4.78, 5) is 78.6. The molecule has 0 saturated carbocycles. The molecule has 13 N–H and O–H groups in total. The van der Waals surface area contributed by atoms with Crippen molar-refractivity contribution in [2.45, 2.75) is 97.3 Å². The number of nitrogens with one attached hydrogen (secondary N) is 7. The first-order valence-corrected chi connectivity index (χ1v) is 37.2. The molecular weight excluding hydrogens is 1560 g/mol. The summed E-state index contributed by atoms with van der Waals surface area (Å²) in [6, 6.07) is -0.836. The summed E-state index contributed by atoms with van der Waals surface area (Å²) >= 11 is 0. The maximum Gasteiger partial charge on any atom is 0.408 e. The Morgan fingerprint density at radius 1 is 0.523 bits per heavy atom. The van der Waals surface area contributed by atoms with E-state index in [1.807, 2.05) is 5.32 Å². The van der Waals surface area contributed by atoms with Crippen molar-refractivity contribution in [1.29, 1.82) is 0 Å². The van der Waals surface area contributed by atoms with Crippen LogP contribution >= 0.6 is 0 Å². The number of sulfonamides is 3. The molecule has 3 aromatic heterocycles. The zero-order valence-electron chi connectivity index (χ0n) is 58.7. The molecule has 6 unspecified atom stereocenters. The number of rotatable bonds is 11. The largest absolute Gasteiger partial charge is 1.00 e. The van der Waals surface area contributed by atoms with Gasteiger partial charge in [0.15, 0.2) is 86.7 Å². The van der Waals surface area contributed by atoms with Gasteiger partial charge in [-0.25, -0.2) is 83.7 Å². The molecule has 0 bridgehead atoms. The highest BCUT2D eigenvalue weighted by Gasteiger charge is 2.47. The molecule has 3 fully saturated rings. The van der Waals surface area contributed by atoms with Gasteiger partial charge in [-0.1, -0.05) is 0 Å². The van der Waals surface area contributed by atoms with Crippen LogP contribution in [-0.4, -0.2) is 202 Å². The molecule has 6 aromatic rings. The number of nitrogens with zero attached hydrogens (tertiary/aromatic N) is 5. The van der Waals surface area contributed by atoms with E-state index in [2.05, 4.69) is 35.4 Å². The molecule has 45 heteroatoms. The Kier molecular flexibility index (Phi) is 24.9. The van der Waals surface area contributed by atoms with Crippen molar-refractivity contribution in [2.75, 3.05) is 75.0 Å². The van der Waals surface area contributed by atoms with E-state index in [1.165, 1.54) is 60.1 Å². The van der Waals surface area contributed by atoms with Crippen molar-refractivity contribution in [3.8, 4) is 17.2 Å². The van der Waals surface area contributed by atoms with E-state index in [0.29, 0.717) is 49.5 Å². The Hall–Kier alpha value is -9.25. The number of aliphatic hydroxyl groups is 2. The number of aromatic nitrogens is 3. The van der Waals surface area contributed by atoms with Crippen LogP contribution in [0.2, 0.25) is 0 Å². The lowest BCUT2D eigenvalue weighted by Crippen LogP contribution is -3.00. The van der Waals surface area contributed by atoms with Crippen molar-refractivity contribution in [3.05, 3.63) is 124 Å². The quantitative estimate of drug-likeness (QED) is 0.0509. The number of amides is 6. The summed E-state index contributed by atoms with van der Waals surface area (Å²) in [6.07, 6.45) is 0.152. The van der Waals surface area contributed by atoms with E-state index in [0.717, 1.165) is 17.0 Å². The summed E-state index contributed by atoms with van der Waals surface area (Å²) in [6.45, 7) is 8.73. The standard InChI is InChI=1S/C26H32F3N5O8S.C21H24F3N5O6S.C17H17F3N4O4S.ClH/c1-12(35)20(31-25(38)42-26(2,3)4)24(37)34-8-13-11-41-22-18(43(39,40)32-17(13)9-34)10-33(5)21(22)23(36)30-14-6-15(27)19(29)16(28)7-14;1-9(30)17(25)21(32)29-5-10-8-35-19-15(36(33,34)27-14(10)6-29)7-28(2)18(19)20(31)26-11-3-12(22)16(24)13(23)4-11;1-24-6-13-16(28-7-8-4-21-5-12(8)23-29(13,26)27)15(24)17(25)22-9-2-10(18)14(20)11(19)3-9;/h6-7,10,12-13,17,20,32,35H,8-9,11H2,1-5H3,(H,30,36)(H,31,38);3-4,7,9-10,14,17,27,30H,5-6,8,25H2,1-2H3,(H,26,31);2-3,6,8,12,21,23H,4-5,7H2,1H3,(H,22,25);1H/t12-,13?,17?,20+;9-,10?,14?,17+;;/m11../s1. The van der Waals surface area contributed by atoms with Gasteiger partial charge in [0.2, 0.25) is 41.9 Å². The summed E-state index contributed by atoms with van der Waals surface area (Å²) in [5.74, 6) is -20.1. The van der Waals surface area contributed by atoms with Gasteiger partial charge < -0.3 is 97.4 Å². The smallest absolute Gasteiger partial charge is 0.408 e. The normalized spacial score (nSPS) is 21.7. The number of halogens is 10. The summed E-state index contributed by atoms with van der Waals surface area (Å²) in [5, 5.41) is 30.8. The van der Waals surface area contributed by atoms with E-state index in [-0.39, 0.29) is 120 Å². The van der Waals surface area contributed by atoms with Crippen molar-refractivity contribution < 1.29 is 140 Å². The van der Waals surface area contributed by atoms with Gasteiger partial charge in [-0.15, -0.1) is 0 Å². The van der Waals surface area contributed by atoms with Gasteiger partial charge in [-0.3, -0.25) is 24.0 Å². The van der Waals surface area contributed by atoms with Crippen LogP contribution in [0.3, 0.4) is 0 Å². The number of alkyl carbamates (subject to hydrolysis) is 1. The number of ether oxygens (including phenoxy) is 4. The molecule has 3 saturated heterocycles. The molecular formula is C64H74ClF9N14O18S3. The number of carbonyl (C=O) groups excluding carboxylic acids is 6. The number of aryl methyl sites for hydroxylation is 3.